The van der Waals surface area contributed by atoms with Crippen LogP contribution in [0.15, 0.2) is 18.2 Å². The molecule has 0 fully saturated rings. The molecule has 0 N–H and O–H groups in total. The number of Topliss-reactive ketones (excluding diaryl/α,β-unsaturated/α-hetero) is 1. The molecule has 22 heavy (non-hydrogen) atoms. The Hall–Kier alpha value is -2.37. The van der Waals surface area contributed by atoms with Crippen LogP contribution in [-0.2, 0) is 14.3 Å². The Kier molecular flexibility index (Phi) is 4.80. The number of amides is 1. The normalized spacial score (nSPS) is 14.9. The summed E-state index contributed by atoms with van der Waals surface area (Å²) in [7, 11) is 1.27. The van der Waals surface area contributed by atoms with E-state index in [9.17, 15) is 14.4 Å². The molecule has 1 aliphatic rings. The monoisotopic (exact) mass is 305 g/mol. The molecule has 2 rings (SSSR count). The number of benzene rings is 1. The molecule has 0 spiro atoms. The Morgan fingerprint density at radius 2 is 2.14 bits per heavy atom. The van der Waals surface area contributed by atoms with Crippen molar-refractivity contribution >= 4 is 23.3 Å². The van der Waals surface area contributed by atoms with Crippen molar-refractivity contribution in [2.24, 2.45) is 0 Å². The van der Waals surface area contributed by atoms with Crippen molar-refractivity contribution in [2.75, 3.05) is 18.6 Å². The maximum absolute atomic E-state index is 12.1. The maximum Gasteiger partial charge on any atom is 0.328 e. The highest BCUT2D eigenvalue weighted by atomic mass is 16.5. The van der Waals surface area contributed by atoms with Gasteiger partial charge < -0.3 is 9.47 Å². The first-order valence-corrected chi connectivity index (χ1v) is 7.19. The fourth-order valence-electron chi connectivity index (χ4n) is 2.42. The molecule has 0 aromatic heterocycles. The van der Waals surface area contributed by atoms with E-state index in [1.807, 2.05) is 6.92 Å². The first-order valence-electron chi connectivity index (χ1n) is 7.19. The highest BCUT2D eigenvalue weighted by molar-refractivity contribution is 6.05. The average Bonchev–Trinajstić information content (AvgIpc) is 2.53. The van der Waals surface area contributed by atoms with E-state index in [0.717, 1.165) is 6.42 Å². The number of fused-ring (bicyclic) bond motifs is 1. The Morgan fingerprint density at radius 1 is 1.41 bits per heavy atom. The summed E-state index contributed by atoms with van der Waals surface area (Å²) < 4.78 is 10.1. The lowest BCUT2D eigenvalue weighted by Crippen LogP contribution is -2.48. The molecule has 1 heterocycles. The maximum atomic E-state index is 12.1. The van der Waals surface area contributed by atoms with Crippen LogP contribution in [0, 0.1) is 0 Å². The second-order valence-electron chi connectivity index (χ2n) is 5.11. The second kappa shape index (κ2) is 6.60. The summed E-state index contributed by atoms with van der Waals surface area (Å²) in [5.41, 5.74) is 0.928. The van der Waals surface area contributed by atoms with Crippen molar-refractivity contribution in [1.29, 1.82) is 0 Å². The van der Waals surface area contributed by atoms with E-state index in [1.165, 1.54) is 12.0 Å². The van der Waals surface area contributed by atoms with Crippen molar-refractivity contribution in [1.82, 2.24) is 0 Å². The highest BCUT2D eigenvalue weighted by Crippen LogP contribution is 2.34. The molecule has 118 valence electrons. The zero-order valence-electron chi connectivity index (χ0n) is 12.9. The van der Waals surface area contributed by atoms with Crippen LogP contribution in [0.3, 0.4) is 0 Å². The molecule has 0 bridgehead atoms. The molecule has 0 aliphatic carbocycles. The number of carbonyl (C=O) groups excluding carboxylic acids is 3. The Morgan fingerprint density at radius 3 is 2.77 bits per heavy atom. The zero-order chi connectivity index (χ0) is 16.3. The lowest BCUT2D eigenvalue weighted by Gasteiger charge is -2.32. The van der Waals surface area contributed by atoms with Crippen molar-refractivity contribution in [3.05, 3.63) is 23.8 Å². The number of methoxy groups -OCH3 is 1. The molecule has 6 heteroatoms. The van der Waals surface area contributed by atoms with Gasteiger partial charge in [0.15, 0.2) is 12.4 Å². The van der Waals surface area contributed by atoms with Crippen molar-refractivity contribution in [2.45, 2.75) is 32.7 Å². The van der Waals surface area contributed by atoms with Crippen LogP contribution < -0.4 is 9.64 Å². The largest absolute Gasteiger partial charge is 0.482 e. The van der Waals surface area contributed by atoms with E-state index in [0.29, 0.717) is 23.4 Å². The molecule has 1 unspecified atom stereocenters. The highest BCUT2D eigenvalue weighted by Gasteiger charge is 2.34. The molecule has 0 saturated heterocycles. The van der Waals surface area contributed by atoms with Crippen LogP contribution in [0.5, 0.6) is 5.75 Å². The fourth-order valence-corrected chi connectivity index (χ4v) is 2.42. The summed E-state index contributed by atoms with van der Waals surface area (Å²) in [4.78, 5) is 37.3. The Labute approximate surface area is 129 Å². The molecule has 0 saturated carbocycles. The first-order chi connectivity index (χ1) is 10.5. The summed E-state index contributed by atoms with van der Waals surface area (Å²) >= 11 is 0. The van der Waals surface area contributed by atoms with E-state index in [-0.39, 0.29) is 18.3 Å². The standard InChI is InChI=1S/C16H19NO5/c1-4-5-13(18)11-6-7-14-12(8-11)17(15(19)9-22-14)10(2)16(20)21-3/h6-8,10H,4-5,9H2,1-3H3. The topological polar surface area (TPSA) is 72.9 Å². The third-order valence-corrected chi connectivity index (χ3v) is 3.57. The molecular formula is C16H19NO5. The van der Waals surface area contributed by atoms with Gasteiger partial charge in [-0.25, -0.2) is 4.79 Å². The number of esters is 1. The minimum absolute atomic E-state index is 0.00556. The minimum atomic E-state index is -0.781. The molecule has 1 aromatic carbocycles. The Balaban J connectivity index is 2.43. The number of ether oxygens (including phenoxy) is 2. The number of anilines is 1. The predicted octanol–water partition coefficient (Wildman–Crippen LogP) is 1.96. The van der Waals surface area contributed by atoms with E-state index in [4.69, 9.17) is 9.47 Å². The van der Waals surface area contributed by atoms with Gasteiger partial charge >= 0.3 is 5.97 Å². The predicted molar refractivity (Wildman–Crippen MR) is 80.1 cm³/mol. The van der Waals surface area contributed by atoms with Gasteiger partial charge in [0.1, 0.15) is 11.8 Å². The quantitative estimate of drug-likeness (QED) is 0.614. The summed E-state index contributed by atoms with van der Waals surface area (Å²) in [5.74, 6) is -0.394. The lowest BCUT2D eigenvalue weighted by molar-refractivity contribution is -0.143. The van der Waals surface area contributed by atoms with E-state index in [1.54, 1.807) is 25.1 Å². The number of nitrogens with zero attached hydrogens (tertiary/aromatic N) is 1. The van der Waals surface area contributed by atoms with Gasteiger partial charge in [-0.15, -0.1) is 0 Å². The van der Waals surface area contributed by atoms with Gasteiger partial charge in [-0.2, -0.15) is 0 Å². The second-order valence-corrected chi connectivity index (χ2v) is 5.11. The van der Waals surface area contributed by atoms with E-state index < -0.39 is 12.0 Å². The van der Waals surface area contributed by atoms with Crippen LogP contribution in [0.25, 0.3) is 0 Å². The summed E-state index contributed by atoms with van der Waals surface area (Å²) in [5, 5.41) is 0. The number of hydrogen-bond acceptors (Lipinski definition) is 5. The molecule has 6 nitrogen and oxygen atoms in total. The van der Waals surface area contributed by atoms with Gasteiger partial charge in [-0.05, 0) is 31.5 Å². The van der Waals surface area contributed by atoms with Gasteiger partial charge in [0.05, 0.1) is 12.8 Å². The molecule has 0 radical (unpaired) electrons. The first kappa shape index (κ1) is 16.0. The SMILES string of the molecule is CCCC(=O)c1ccc2c(c1)N(C(C)C(=O)OC)C(=O)CO2. The number of carbonyl (C=O) groups is 3. The third kappa shape index (κ3) is 2.95. The van der Waals surface area contributed by atoms with Crippen LogP contribution in [0.4, 0.5) is 5.69 Å². The van der Waals surface area contributed by atoms with Crippen molar-refractivity contribution in [3.8, 4) is 5.75 Å². The number of rotatable bonds is 5. The summed E-state index contributed by atoms with van der Waals surface area (Å²) in [6.45, 7) is 3.37. The van der Waals surface area contributed by atoms with Crippen LogP contribution >= 0.6 is 0 Å². The van der Waals surface area contributed by atoms with Crippen LogP contribution in [0.1, 0.15) is 37.0 Å². The van der Waals surface area contributed by atoms with Crippen molar-refractivity contribution < 1.29 is 23.9 Å². The smallest absolute Gasteiger partial charge is 0.328 e. The molecule has 1 amide bonds. The van der Waals surface area contributed by atoms with Crippen LogP contribution in [0.2, 0.25) is 0 Å². The van der Waals surface area contributed by atoms with E-state index >= 15 is 0 Å². The van der Waals surface area contributed by atoms with E-state index in [2.05, 4.69) is 0 Å². The number of hydrogen-bond donors (Lipinski definition) is 0. The van der Waals surface area contributed by atoms with Gasteiger partial charge in [0.2, 0.25) is 0 Å². The van der Waals surface area contributed by atoms with Crippen LogP contribution in [-0.4, -0.2) is 37.4 Å². The van der Waals surface area contributed by atoms with Gasteiger partial charge in [-0.1, -0.05) is 6.92 Å². The molecule has 1 atom stereocenters. The average molecular weight is 305 g/mol. The van der Waals surface area contributed by atoms with Gasteiger partial charge in [-0.3, -0.25) is 14.5 Å². The third-order valence-electron chi connectivity index (χ3n) is 3.57. The fraction of sp³-hybridized carbons (Fsp3) is 0.438. The molecule has 1 aliphatic heterocycles. The molecular weight excluding hydrogens is 286 g/mol. The number of ketones is 1. The summed E-state index contributed by atoms with van der Waals surface area (Å²) in [6.07, 6.45) is 1.17. The van der Waals surface area contributed by atoms with Crippen molar-refractivity contribution in [3.63, 3.8) is 0 Å². The molecule has 1 aromatic rings. The minimum Gasteiger partial charge on any atom is -0.482 e. The zero-order valence-corrected chi connectivity index (χ0v) is 12.9. The van der Waals surface area contributed by atoms with Gasteiger partial charge in [0, 0.05) is 12.0 Å². The summed E-state index contributed by atoms with van der Waals surface area (Å²) in [6, 6.07) is 4.15. The Bertz CT molecular complexity index is 611. The van der Waals surface area contributed by atoms with Gasteiger partial charge in [0.25, 0.3) is 5.91 Å². The lowest BCUT2D eigenvalue weighted by atomic mass is 10.0.